The molecule has 0 bridgehead atoms. The van der Waals surface area contributed by atoms with Gasteiger partial charge in [0.1, 0.15) is 17.6 Å². The monoisotopic (exact) mass is 686 g/mol. The van der Waals surface area contributed by atoms with E-state index in [4.69, 9.17) is 21.3 Å². The number of hydrogen-bond donors (Lipinski definition) is 3. The van der Waals surface area contributed by atoms with Gasteiger partial charge in [-0.1, -0.05) is 35.9 Å². The van der Waals surface area contributed by atoms with Crippen molar-refractivity contribution in [1.82, 2.24) is 25.4 Å². The van der Waals surface area contributed by atoms with E-state index in [1.807, 2.05) is 66.4 Å². The summed E-state index contributed by atoms with van der Waals surface area (Å²) in [5.74, 6) is 1.22. The molecule has 0 unspecified atom stereocenters. The van der Waals surface area contributed by atoms with Gasteiger partial charge in [-0.15, -0.1) is 21.5 Å². The number of nitrogens with one attached hydrogen (secondary N) is 2. The van der Waals surface area contributed by atoms with Crippen molar-refractivity contribution in [3.05, 3.63) is 99.4 Å². The number of benzene rings is 3. The molecular weight excluding hydrogens is 652 g/mol. The van der Waals surface area contributed by atoms with Gasteiger partial charge in [-0.05, 0) is 84.4 Å². The largest absolute Gasteiger partial charge is 0.497 e. The fraction of sp³-hybridized carbons (Fsp3) is 0.265. The van der Waals surface area contributed by atoms with Crippen LogP contribution < -0.4 is 20.6 Å². The van der Waals surface area contributed by atoms with Crippen LogP contribution in [-0.2, 0) is 16.0 Å². The summed E-state index contributed by atoms with van der Waals surface area (Å²) < 4.78 is 8.56. The first-order chi connectivity index (χ1) is 22.5. The normalized spacial score (nSPS) is 14.2. The maximum absolute atomic E-state index is 13.2. The van der Waals surface area contributed by atoms with Crippen LogP contribution in [0.25, 0.3) is 15.8 Å². The molecule has 2 amide bonds. The number of fused-ring (bicyclic) bond motifs is 4. The molecule has 6 rings (SSSR count). The minimum atomic E-state index is -2.40. The number of ether oxygens (including phenoxy) is 1. The van der Waals surface area contributed by atoms with Gasteiger partial charge in [-0.3, -0.25) is 19.1 Å². The third-order valence-corrected chi connectivity index (χ3v) is 11.2. The van der Waals surface area contributed by atoms with Crippen LogP contribution in [0.3, 0.4) is 0 Å². The number of aromatic nitrogens is 3. The van der Waals surface area contributed by atoms with Crippen molar-refractivity contribution in [3.8, 4) is 11.4 Å². The third-order valence-electron chi connectivity index (χ3n) is 8.11. The molecule has 0 fully saturated rings. The quantitative estimate of drug-likeness (QED) is 0.184. The predicted molar refractivity (Wildman–Crippen MR) is 188 cm³/mol. The van der Waals surface area contributed by atoms with E-state index in [2.05, 4.69) is 33.0 Å². The van der Waals surface area contributed by atoms with Crippen molar-refractivity contribution < 1.29 is 19.1 Å². The topological polar surface area (TPSA) is 131 Å². The summed E-state index contributed by atoms with van der Waals surface area (Å²) in [6.07, 6.45) is 0.609. The number of aryl methyl sites for hydroxylation is 1. The van der Waals surface area contributed by atoms with Crippen LogP contribution in [0.1, 0.15) is 40.8 Å². The molecule has 10 nitrogen and oxygen atoms in total. The Morgan fingerprint density at radius 2 is 1.83 bits per heavy atom. The van der Waals surface area contributed by atoms with E-state index < -0.39 is 14.4 Å². The molecule has 47 heavy (non-hydrogen) atoms. The Balaban J connectivity index is 1.13. The summed E-state index contributed by atoms with van der Waals surface area (Å²) >= 11 is 7.82. The number of thiophene rings is 1. The highest BCUT2D eigenvalue weighted by molar-refractivity contribution is 7.19. The maximum Gasteiger partial charge on any atom is 0.239 e. The lowest BCUT2D eigenvalue weighted by atomic mass is 10.00. The lowest BCUT2D eigenvalue weighted by Crippen LogP contribution is -2.40. The number of carbonyl (C=O) groups is 2. The van der Waals surface area contributed by atoms with E-state index in [1.54, 1.807) is 30.6 Å². The Morgan fingerprint density at radius 1 is 1.04 bits per heavy atom. The van der Waals surface area contributed by atoms with E-state index in [1.165, 1.54) is 0 Å². The van der Waals surface area contributed by atoms with Crippen molar-refractivity contribution in [2.75, 3.05) is 20.2 Å². The molecule has 0 radical (unpaired) electrons. The Morgan fingerprint density at radius 3 is 2.57 bits per heavy atom. The zero-order valence-electron chi connectivity index (χ0n) is 26.5. The molecule has 0 saturated heterocycles. The van der Waals surface area contributed by atoms with Crippen molar-refractivity contribution in [2.45, 2.75) is 38.9 Å². The maximum atomic E-state index is 13.2. The van der Waals surface area contributed by atoms with Crippen LogP contribution >= 0.6 is 22.9 Å². The van der Waals surface area contributed by atoms with Gasteiger partial charge in [-0.25, -0.2) is 0 Å². The van der Waals surface area contributed by atoms with Crippen LogP contribution in [0.4, 0.5) is 0 Å². The number of halogens is 1. The van der Waals surface area contributed by atoms with Gasteiger partial charge in [-0.2, -0.15) is 0 Å². The number of amides is 2. The van der Waals surface area contributed by atoms with Gasteiger partial charge >= 0.3 is 0 Å². The molecule has 5 aromatic rings. The number of methoxy groups -OCH3 is 1. The first kappa shape index (κ1) is 32.6. The van der Waals surface area contributed by atoms with E-state index in [0.717, 1.165) is 37.7 Å². The van der Waals surface area contributed by atoms with Crippen LogP contribution in [0.5, 0.6) is 5.75 Å². The molecule has 3 aromatic carbocycles. The lowest BCUT2D eigenvalue weighted by Gasteiger charge is -2.14. The van der Waals surface area contributed by atoms with E-state index in [9.17, 15) is 14.4 Å². The number of rotatable bonds is 10. The second kappa shape index (κ2) is 13.4. The Hall–Kier alpha value is -4.36. The van der Waals surface area contributed by atoms with Gasteiger partial charge in [0.15, 0.2) is 5.82 Å². The molecule has 1 aliphatic heterocycles. The fourth-order valence-corrected chi connectivity index (χ4v) is 9.03. The molecule has 2 aromatic heterocycles. The number of hydrogen-bond acceptors (Lipinski definition) is 8. The summed E-state index contributed by atoms with van der Waals surface area (Å²) in [5, 5.41) is 19.1. The molecule has 1 atom stereocenters. The Kier molecular flexibility index (Phi) is 9.29. The average molecular weight is 687 g/mol. The molecule has 1 aliphatic rings. The average Bonchev–Trinajstić information content (AvgIpc) is 3.62. The van der Waals surface area contributed by atoms with Crippen LogP contribution in [0, 0.1) is 6.92 Å². The zero-order valence-corrected chi connectivity index (χ0v) is 29.1. The van der Waals surface area contributed by atoms with Crippen LogP contribution in [0.15, 0.2) is 71.0 Å². The highest BCUT2D eigenvalue weighted by atomic mass is 35.5. The summed E-state index contributed by atoms with van der Waals surface area (Å²) in [6, 6.07) is 18.6. The number of nitrogens with zero attached hydrogens (tertiary/aromatic N) is 4. The second-order valence-electron chi connectivity index (χ2n) is 11.9. The standard InChI is InChI=1S/C34H35ClN6O4SSi/c1-20-39-40-34-27(38-33(22-6-8-23(35)9-7-22)26-16-24(45-2)10-12-28(26)41(20)34)17-31(42)37-18-32(43)36-14-13-21-5-11-25-29(15-21)46-19-30(25)47(3,4)44/h5-12,15-16,19,27,44H,13-14,17-18H2,1-4H3,(H,36,43)(H,37,42)/t27-/m0/s1. The molecule has 0 aliphatic carbocycles. The summed E-state index contributed by atoms with van der Waals surface area (Å²) in [7, 11) is -0.792. The minimum Gasteiger partial charge on any atom is -0.497 e. The molecule has 3 N–H and O–H groups in total. The van der Waals surface area contributed by atoms with Crippen molar-refractivity contribution in [1.29, 1.82) is 0 Å². The second-order valence-corrected chi connectivity index (χ2v) is 16.9. The number of aliphatic imine (C=N–C) groups is 1. The van der Waals surface area contributed by atoms with Gasteiger partial charge in [0.2, 0.25) is 20.1 Å². The number of carbonyl (C=O) groups excluding carboxylic acids is 2. The highest BCUT2D eigenvalue weighted by Gasteiger charge is 2.30. The third kappa shape index (κ3) is 7.00. The van der Waals surface area contributed by atoms with Gasteiger partial charge in [0.05, 0.1) is 31.5 Å². The SMILES string of the molecule is COc1ccc2c(c1)C(c1ccc(Cl)cc1)=N[C@@H](CC(=O)NCC(=O)NCCc1ccc3c([Si](C)(C)O)csc3c1)c1nnc(C)n1-2. The highest BCUT2D eigenvalue weighted by Crippen LogP contribution is 2.34. The molecule has 242 valence electrons. The first-order valence-electron chi connectivity index (χ1n) is 15.2. The van der Waals surface area contributed by atoms with E-state index in [0.29, 0.717) is 41.1 Å². The smallest absolute Gasteiger partial charge is 0.239 e. The lowest BCUT2D eigenvalue weighted by molar-refractivity contribution is -0.126. The molecular formula is C34H35ClN6O4SSi. The summed E-state index contributed by atoms with van der Waals surface area (Å²) in [5.41, 5.74) is 4.19. The van der Waals surface area contributed by atoms with E-state index >= 15 is 0 Å². The van der Waals surface area contributed by atoms with Gasteiger partial charge < -0.3 is 20.2 Å². The zero-order chi connectivity index (χ0) is 33.3. The van der Waals surface area contributed by atoms with Crippen molar-refractivity contribution in [3.63, 3.8) is 0 Å². The van der Waals surface area contributed by atoms with E-state index in [-0.39, 0.29) is 24.8 Å². The van der Waals surface area contributed by atoms with Crippen LogP contribution in [-0.4, -0.2) is 65.6 Å². The summed E-state index contributed by atoms with van der Waals surface area (Å²) in [6.45, 7) is 5.96. The minimum absolute atomic E-state index is 0.0378. The van der Waals surface area contributed by atoms with Crippen molar-refractivity contribution >= 4 is 64.1 Å². The Labute approximate surface area is 282 Å². The first-order valence-corrected chi connectivity index (χ1v) is 19.4. The summed E-state index contributed by atoms with van der Waals surface area (Å²) in [4.78, 5) is 41.5. The Bertz CT molecular complexity index is 2000. The van der Waals surface area contributed by atoms with Gasteiger partial charge in [0, 0.05) is 27.4 Å². The molecule has 0 spiro atoms. The van der Waals surface area contributed by atoms with Gasteiger partial charge in [0.25, 0.3) is 0 Å². The molecule has 3 heterocycles. The van der Waals surface area contributed by atoms with Crippen molar-refractivity contribution in [2.24, 2.45) is 4.99 Å². The molecule has 13 heteroatoms. The molecule has 0 saturated carbocycles. The predicted octanol–water partition coefficient (Wildman–Crippen LogP) is 4.61. The fourth-order valence-electron chi connectivity index (χ4n) is 5.71. The van der Waals surface area contributed by atoms with Crippen LogP contribution in [0.2, 0.25) is 18.1 Å².